The van der Waals surface area contributed by atoms with Crippen LogP contribution in [0.2, 0.25) is 0 Å². The van der Waals surface area contributed by atoms with Gasteiger partial charge < -0.3 is 0 Å². The molecule has 0 aromatic rings. The van der Waals surface area contributed by atoms with E-state index in [9.17, 15) is 0 Å². The zero-order chi connectivity index (χ0) is 10.8. The molecule has 0 bridgehead atoms. The van der Waals surface area contributed by atoms with E-state index in [0.717, 1.165) is 6.42 Å². The topological polar surface area (TPSA) is 29.5 Å². The van der Waals surface area contributed by atoms with Crippen LogP contribution in [0, 0.1) is 11.8 Å². The van der Waals surface area contributed by atoms with Gasteiger partial charge in [-0.05, 0) is 23.5 Å². The van der Waals surface area contributed by atoms with Gasteiger partial charge in [0.25, 0.3) is 0 Å². The van der Waals surface area contributed by atoms with Gasteiger partial charge in [-0.1, -0.05) is 39.8 Å². The fraction of sp³-hybridized carbons (Fsp3) is 0.667. The standard InChI is InChI=1S/C12H20O2/c1-9(2)11-5-7-12(14-13,8-6-11)10(3)4/h5-7,9-10,13H,8H2,1-4H3. The first-order valence-electron chi connectivity index (χ1n) is 5.23. The highest BCUT2D eigenvalue weighted by molar-refractivity contribution is 5.29. The summed E-state index contributed by atoms with van der Waals surface area (Å²) in [7, 11) is 0. The van der Waals surface area contributed by atoms with Gasteiger partial charge in [-0.15, -0.1) is 0 Å². The smallest absolute Gasteiger partial charge is 0.127 e. The molecule has 1 atom stereocenters. The number of hydrogen-bond acceptors (Lipinski definition) is 2. The predicted octanol–water partition coefficient (Wildman–Crippen LogP) is 3.41. The Hall–Kier alpha value is -0.600. The maximum Gasteiger partial charge on any atom is 0.127 e. The summed E-state index contributed by atoms with van der Waals surface area (Å²) in [6, 6.07) is 0. The van der Waals surface area contributed by atoms with Crippen molar-refractivity contribution in [2.75, 3.05) is 0 Å². The molecule has 80 valence electrons. The molecule has 2 nitrogen and oxygen atoms in total. The molecule has 1 aliphatic rings. The second-order valence-electron chi connectivity index (χ2n) is 4.60. The average molecular weight is 196 g/mol. The Balaban J connectivity index is 2.80. The molecule has 0 fully saturated rings. The maximum absolute atomic E-state index is 8.96. The van der Waals surface area contributed by atoms with Crippen LogP contribution in [-0.4, -0.2) is 10.9 Å². The third-order valence-electron chi connectivity index (χ3n) is 3.03. The van der Waals surface area contributed by atoms with Gasteiger partial charge in [0, 0.05) is 6.42 Å². The maximum atomic E-state index is 8.96. The van der Waals surface area contributed by atoms with Crippen LogP contribution >= 0.6 is 0 Å². The number of rotatable bonds is 3. The Labute approximate surface area is 86.2 Å². The molecule has 0 aliphatic heterocycles. The summed E-state index contributed by atoms with van der Waals surface area (Å²) in [4.78, 5) is 4.64. The summed E-state index contributed by atoms with van der Waals surface area (Å²) in [6.45, 7) is 8.43. The van der Waals surface area contributed by atoms with Gasteiger partial charge in [-0.3, -0.25) is 5.26 Å². The van der Waals surface area contributed by atoms with Crippen molar-refractivity contribution in [1.29, 1.82) is 0 Å². The van der Waals surface area contributed by atoms with Crippen LogP contribution < -0.4 is 0 Å². The average Bonchev–Trinajstić information content (AvgIpc) is 2.17. The van der Waals surface area contributed by atoms with Crippen LogP contribution in [0.4, 0.5) is 0 Å². The first-order chi connectivity index (χ1) is 6.52. The normalized spacial score (nSPS) is 27.2. The second-order valence-corrected chi connectivity index (χ2v) is 4.60. The molecule has 1 unspecified atom stereocenters. The Bertz CT molecular complexity index is 251. The minimum Gasteiger partial charge on any atom is -0.251 e. The van der Waals surface area contributed by atoms with E-state index in [1.54, 1.807) is 0 Å². The molecule has 0 radical (unpaired) electrons. The lowest BCUT2D eigenvalue weighted by molar-refractivity contribution is -0.318. The Morgan fingerprint density at radius 2 is 2.00 bits per heavy atom. The fourth-order valence-corrected chi connectivity index (χ4v) is 1.68. The van der Waals surface area contributed by atoms with E-state index in [2.05, 4.69) is 44.7 Å². The van der Waals surface area contributed by atoms with E-state index < -0.39 is 5.60 Å². The van der Waals surface area contributed by atoms with Crippen LogP contribution in [-0.2, 0) is 4.89 Å². The molecule has 0 saturated carbocycles. The molecule has 0 heterocycles. The molecular formula is C12H20O2. The van der Waals surface area contributed by atoms with E-state index in [0.29, 0.717) is 5.92 Å². The van der Waals surface area contributed by atoms with Crippen LogP contribution in [0.15, 0.2) is 23.8 Å². The van der Waals surface area contributed by atoms with Crippen LogP contribution in [0.25, 0.3) is 0 Å². The monoisotopic (exact) mass is 196 g/mol. The minimum absolute atomic E-state index is 0.272. The van der Waals surface area contributed by atoms with E-state index in [1.807, 2.05) is 6.08 Å². The van der Waals surface area contributed by atoms with Gasteiger partial charge in [-0.25, -0.2) is 4.89 Å². The molecule has 0 saturated heterocycles. The summed E-state index contributed by atoms with van der Waals surface area (Å²) < 4.78 is 0. The second kappa shape index (κ2) is 4.28. The van der Waals surface area contributed by atoms with E-state index in [1.165, 1.54) is 5.57 Å². The molecule has 0 aromatic heterocycles. The molecule has 0 spiro atoms. The number of hydrogen-bond donors (Lipinski definition) is 1. The van der Waals surface area contributed by atoms with Crippen molar-refractivity contribution in [3.05, 3.63) is 23.8 Å². The lowest BCUT2D eigenvalue weighted by Crippen LogP contribution is -2.36. The molecular weight excluding hydrogens is 176 g/mol. The lowest BCUT2D eigenvalue weighted by Gasteiger charge is -2.33. The van der Waals surface area contributed by atoms with Crippen molar-refractivity contribution in [3.8, 4) is 0 Å². The molecule has 0 amide bonds. The largest absolute Gasteiger partial charge is 0.251 e. The molecule has 14 heavy (non-hydrogen) atoms. The van der Waals surface area contributed by atoms with Crippen molar-refractivity contribution in [2.24, 2.45) is 11.8 Å². The zero-order valence-electron chi connectivity index (χ0n) is 9.45. The van der Waals surface area contributed by atoms with Gasteiger partial charge in [0.05, 0.1) is 0 Å². The zero-order valence-corrected chi connectivity index (χ0v) is 9.45. The van der Waals surface area contributed by atoms with E-state index >= 15 is 0 Å². The summed E-state index contributed by atoms with van der Waals surface area (Å²) in [6.07, 6.45) is 6.95. The summed E-state index contributed by atoms with van der Waals surface area (Å²) >= 11 is 0. The van der Waals surface area contributed by atoms with E-state index in [4.69, 9.17) is 5.26 Å². The van der Waals surface area contributed by atoms with Crippen molar-refractivity contribution in [3.63, 3.8) is 0 Å². The van der Waals surface area contributed by atoms with Crippen molar-refractivity contribution in [2.45, 2.75) is 39.7 Å². The Morgan fingerprint density at radius 1 is 1.36 bits per heavy atom. The molecule has 1 rings (SSSR count). The van der Waals surface area contributed by atoms with E-state index in [-0.39, 0.29) is 5.92 Å². The van der Waals surface area contributed by atoms with Gasteiger partial charge in [0.1, 0.15) is 5.60 Å². The lowest BCUT2D eigenvalue weighted by atomic mass is 9.81. The van der Waals surface area contributed by atoms with Crippen molar-refractivity contribution < 1.29 is 10.1 Å². The number of allylic oxidation sites excluding steroid dienone is 2. The summed E-state index contributed by atoms with van der Waals surface area (Å²) in [5.74, 6) is 0.809. The summed E-state index contributed by atoms with van der Waals surface area (Å²) in [5.41, 5.74) is 0.802. The Kier molecular flexibility index (Phi) is 3.51. The summed E-state index contributed by atoms with van der Waals surface area (Å²) in [5, 5.41) is 8.96. The van der Waals surface area contributed by atoms with Crippen molar-refractivity contribution >= 4 is 0 Å². The van der Waals surface area contributed by atoms with Crippen molar-refractivity contribution in [1.82, 2.24) is 0 Å². The minimum atomic E-state index is -0.515. The van der Waals surface area contributed by atoms with Gasteiger partial charge in [-0.2, -0.15) is 0 Å². The first-order valence-corrected chi connectivity index (χ1v) is 5.23. The van der Waals surface area contributed by atoms with Gasteiger partial charge in [0.2, 0.25) is 0 Å². The molecule has 2 heteroatoms. The first kappa shape index (κ1) is 11.5. The highest BCUT2D eigenvalue weighted by Gasteiger charge is 2.33. The van der Waals surface area contributed by atoms with Crippen LogP contribution in [0.3, 0.4) is 0 Å². The quantitative estimate of drug-likeness (QED) is 0.553. The predicted molar refractivity (Wildman–Crippen MR) is 58.0 cm³/mol. The van der Waals surface area contributed by atoms with Crippen LogP contribution in [0.5, 0.6) is 0 Å². The van der Waals surface area contributed by atoms with Gasteiger partial charge >= 0.3 is 0 Å². The third kappa shape index (κ3) is 2.07. The molecule has 1 aliphatic carbocycles. The SMILES string of the molecule is CC(C)C1=CCC(OO)(C(C)C)C=C1. The fourth-order valence-electron chi connectivity index (χ4n) is 1.68. The van der Waals surface area contributed by atoms with Gasteiger partial charge in [0.15, 0.2) is 0 Å². The highest BCUT2D eigenvalue weighted by atomic mass is 17.1. The third-order valence-corrected chi connectivity index (χ3v) is 3.03. The molecule has 1 N–H and O–H groups in total. The van der Waals surface area contributed by atoms with Crippen LogP contribution in [0.1, 0.15) is 34.1 Å². The highest BCUT2D eigenvalue weighted by Crippen LogP contribution is 2.33. The molecule has 0 aromatic carbocycles. The Morgan fingerprint density at radius 3 is 2.29 bits per heavy atom.